The number of hydrogen-bond donors (Lipinski definition) is 2. The van der Waals surface area contributed by atoms with Crippen LogP contribution in [0.3, 0.4) is 0 Å². The van der Waals surface area contributed by atoms with Crippen LogP contribution >= 0.6 is 11.6 Å². The van der Waals surface area contributed by atoms with Crippen molar-refractivity contribution < 1.29 is 23.4 Å². The van der Waals surface area contributed by atoms with E-state index in [1.54, 1.807) is 4.90 Å². The van der Waals surface area contributed by atoms with Crippen molar-refractivity contribution in [3.8, 4) is 5.75 Å². The molecule has 7 nitrogen and oxygen atoms in total. The second kappa shape index (κ2) is 6.56. The fraction of sp³-hybridized carbons (Fsp3) is 0.524. The summed E-state index contributed by atoms with van der Waals surface area (Å²) >= 11 is 6.81. The van der Waals surface area contributed by atoms with E-state index in [2.05, 4.69) is 0 Å². The molecule has 2 saturated carbocycles. The minimum Gasteiger partial charge on any atom is -0.492 e. The molecule has 1 aliphatic heterocycles. The summed E-state index contributed by atoms with van der Waals surface area (Å²) in [6, 6.07) is 0.360. The number of carboxylic acid groups (broad SMARTS) is 1. The number of fused-ring (bicyclic) bond motifs is 2. The van der Waals surface area contributed by atoms with Crippen LogP contribution < -0.4 is 20.8 Å². The average molecular weight is 454 g/mol. The molecule has 3 aliphatic rings. The molecule has 0 amide bonds. The number of ether oxygens (including phenoxy) is 1. The normalized spacial score (nSPS) is 31.8. The van der Waals surface area contributed by atoms with Gasteiger partial charge in [0.05, 0.1) is 34.5 Å². The summed E-state index contributed by atoms with van der Waals surface area (Å²) in [6.07, 6.45) is 2.42. The first kappa shape index (κ1) is 20.5. The van der Waals surface area contributed by atoms with Crippen molar-refractivity contribution in [2.75, 3.05) is 25.1 Å². The Morgan fingerprint density at radius 3 is 2.68 bits per heavy atom. The van der Waals surface area contributed by atoms with E-state index in [1.807, 2.05) is 0 Å². The zero-order chi connectivity index (χ0) is 22.3. The largest absolute Gasteiger partial charge is 0.492 e. The van der Waals surface area contributed by atoms with Gasteiger partial charge in [-0.2, -0.15) is 0 Å². The molecule has 31 heavy (non-hydrogen) atoms. The molecule has 1 aromatic heterocycles. The fourth-order valence-corrected chi connectivity index (χ4v) is 5.69. The van der Waals surface area contributed by atoms with Crippen molar-refractivity contribution in [2.24, 2.45) is 5.73 Å². The van der Waals surface area contributed by atoms with Crippen LogP contribution in [0.15, 0.2) is 17.1 Å². The zero-order valence-corrected chi connectivity index (χ0v) is 17.6. The van der Waals surface area contributed by atoms with Crippen LogP contribution in [0.1, 0.15) is 42.1 Å². The predicted octanol–water partition coefficient (Wildman–Crippen LogP) is 2.81. The number of alkyl halides is 2. The number of aromatic nitrogens is 1. The molecule has 3 fully saturated rings. The number of hydrogen-bond acceptors (Lipinski definition) is 5. The quantitative estimate of drug-likeness (QED) is 0.691. The number of pyridine rings is 1. The monoisotopic (exact) mass is 453 g/mol. The SMILES string of the molecule is COc1c(N2CC3(N)CCCC3(Cl)C2)c(F)cc2c(=O)c(C(=O)O)cn(C3C[C@@H]3F)c12. The van der Waals surface area contributed by atoms with Crippen LogP contribution in [0.5, 0.6) is 5.75 Å². The van der Waals surface area contributed by atoms with Crippen molar-refractivity contribution in [1.82, 2.24) is 4.57 Å². The number of aromatic carboxylic acids is 1. The van der Waals surface area contributed by atoms with E-state index in [1.165, 1.54) is 11.7 Å². The molecule has 10 heteroatoms. The third-order valence-electron chi connectivity index (χ3n) is 6.99. The molecule has 4 atom stereocenters. The summed E-state index contributed by atoms with van der Waals surface area (Å²) < 4.78 is 36.3. The lowest BCUT2D eigenvalue weighted by atomic mass is 9.91. The molecule has 3 unspecified atom stereocenters. The fourth-order valence-electron chi connectivity index (χ4n) is 5.26. The molecule has 2 aliphatic carbocycles. The Labute approximate surface area is 181 Å². The van der Waals surface area contributed by atoms with Gasteiger partial charge in [-0.25, -0.2) is 13.6 Å². The molecule has 0 spiro atoms. The summed E-state index contributed by atoms with van der Waals surface area (Å²) in [5, 5.41) is 9.25. The number of benzene rings is 1. The Morgan fingerprint density at radius 1 is 1.39 bits per heavy atom. The second-order valence-corrected chi connectivity index (χ2v) is 9.59. The first-order valence-corrected chi connectivity index (χ1v) is 10.5. The van der Waals surface area contributed by atoms with Crippen molar-refractivity contribution >= 4 is 34.2 Å². The summed E-state index contributed by atoms with van der Waals surface area (Å²) in [4.78, 5) is 25.4. The van der Waals surface area contributed by atoms with Gasteiger partial charge in [-0.15, -0.1) is 11.6 Å². The van der Waals surface area contributed by atoms with Crippen molar-refractivity contribution in [3.05, 3.63) is 33.9 Å². The molecule has 1 saturated heterocycles. The first-order valence-electron chi connectivity index (χ1n) is 10.2. The maximum absolute atomic E-state index is 15.4. The van der Waals surface area contributed by atoms with Gasteiger partial charge in [-0.3, -0.25) is 4.79 Å². The Morgan fingerprint density at radius 2 is 2.10 bits per heavy atom. The van der Waals surface area contributed by atoms with Gasteiger partial charge in [0.1, 0.15) is 17.4 Å². The zero-order valence-electron chi connectivity index (χ0n) is 16.8. The maximum Gasteiger partial charge on any atom is 0.341 e. The second-order valence-electron chi connectivity index (χ2n) is 8.87. The predicted molar refractivity (Wildman–Crippen MR) is 112 cm³/mol. The summed E-state index contributed by atoms with van der Waals surface area (Å²) in [7, 11) is 1.34. The smallest absolute Gasteiger partial charge is 0.341 e. The van der Waals surface area contributed by atoms with E-state index < -0.39 is 45.4 Å². The van der Waals surface area contributed by atoms with E-state index in [4.69, 9.17) is 22.1 Å². The molecule has 5 rings (SSSR count). The highest BCUT2D eigenvalue weighted by Crippen LogP contribution is 2.52. The summed E-state index contributed by atoms with van der Waals surface area (Å²) in [6.45, 7) is 0.609. The minimum absolute atomic E-state index is 0.0481. The number of halogens is 3. The molecule has 1 aromatic carbocycles. The summed E-state index contributed by atoms with van der Waals surface area (Å²) in [5.74, 6) is -2.15. The van der Waals surface area contributed by atoms with Crippen LogP contribution in [0, 0.1) is 5.82 Å². The van der Waals surface area contributed by atoms with Crippen molar-refractivity contribution in [3.63, 3.8) is 0 Å². The van der Waals surface area contributed by atoms with Gasteiger partial charge in [0, 0.05) is 25.7 Å². The molecule has 2 heterocycles. The van der Waals surface area contributed by atoms with Gasteiger partial charge in [0.25, 0.3) is 0 Å². The lowest BCUT2D eigenvalue weighted by molar-refractivity contribution is 0.0694. The summed E-state index contributed by atoms with van der Waals surface area (Å²) in [5.41, 5.74) is 4.75. The number of nitrogens with zero attached hydrogens (tertiary/aromatic N) is 2. The molecule has 0 bridgehead atoms. The molecular weight excluding hydrogens is 432 g/mol. The average Bonchev–Trinajstić information content (AvgIpc) is 3.26. The topological polar surface area (TPSA) is 97.8 Å². The van der Waals surface area contributed by atoms with Crippen LogP contribution in [-0.2, 0) is 0 Å². The highest BCUT2D eigenvalue weighted by Gasteiger charge is 2.58. The van der Waals surface area contributed by atoms with Gasteiger partial charge >= 0.3 is 5.97 Å². The molecular formula is C21H22ClF2N3O4. The number of carbonyl (C=O) groups is 1. The first-order chi connectivity index (χ1) is 14.6. The Hall–Kier alpha value is -2.39. The van der Waals surface area contributed by atoms with Gasteiger partial charge in [-0.05, 0) is 25.3 Å². The van der Waals surface area contributed by atoms with Gasteiger partial charge in [0.2, 0.25) is 5.43 Å². The Bertz CT molecular complexity index is 1170. The number of nitrogens with two attached hydrogens (primary N) is 1. The number of rotatable bonds is 4. The van der Waals surface area contributed by atoms with Crippen LogP contribution in [0.4, 0.5) is 14.5 Å². The van der Waals surface area contributed by atoms with Crippen molar-refractivity contribution in [2.45, 2.75) is 48.3 Å². The van der Waals surface area contributed by atoms with Gasteiger partial charge in [0.15, 0.2) is 11.6 Å². The van der Waals surface area contributed by atoms with Gasteiger partial charge in [-0.1, -0.05) is 0 Å². The third-order valence-corrected chi connectivity index (χ3v) is 7.67. The molecule has 166 valence electrons. The molecule has 3 N–H and O–H groups in total. The lowest BCUT2D eigenvalue weighted by Crippen LogP contribution is -2.52. The van der Waals surface area contributed by atoms with Crippen LogP contribution in [-0.4, -0.2) is 52.4 Å². The number of methoxy groups -OCH3 is 1. The lowest BCUT2D eigenvalue weighted by Gasteiger charge is -2.29. The van der Waals surface area contributed by atoms with Crippen LogP contribution in [0.25, 0.3) is 10.9 Å². The van der Waals surface area contributed by atoms with E-state index in [9.17, 15) is 19.1 Å². The number of carboxylic acids is 1. The standard InChI is InChI=1S/C21H22ClF2N3O4/c1-31-18-15-10(17(28)11(19(29)30)7-27(15)14-6-12(14)23)5-13(24)16(18)26-8-20(22)3-2-4-21(20,25)9-26/h5,7,12,14H,2-4,6,8-9,25H2,1H3,(H,29,30)/t12-,14?,20?,21?/m0/s1. The van der Waals surface area contributed by atoms with Crippen LogP contribution in [0.2, 0.25) is 0 Å². The van der Waals surface area contributed by atoms with E-state index in [0.29, 0.717) is 25.9 Å². The van der Waals surface area contributed by atoms with E-state index >= 15 is 4.39 Å². The Balaban J connectivity index is 1.77. The molecule has 2 aromatic rings. The maximum atomic E-state index is 15.4. The minimum atomic E-state index is -1.46. The van der Waals surface area contributed by atoms with E-state index in [0.717, 1.165) is 18.7 Å². The highest BCUT2D eigenvalue weighted by molar-refractivity contribution is 6.26. The van der Waals surface area contributed by atoms with Gasteiger partial charge < -0.3 is 25.0 Å². The van der Waals surface area contributed by atoms with E-state index in [-0.39, 0.29) is 28.8 Å². The highest BCUT2D eigenvalue weighted by atomic mass is 35.5. The Kier molecular flexibility index (Phi) is 4.34. The molecule has 0 radical (unpaired) electrons. The third kappa shape index (κ3) is 2.79. The van der Waals surface area contributed by atoms with Crippen molar-refractivity contribution in [1.29, 1.82) is 0 Å². The number of anilines is 1.